The third kappa shape index (κ3) is 7.97. The van der Waals surface area contributed by atoms with Crippen molar-refractivity contribution in [3.8, 4) is 0 Å². The highest BCUT2D eigenvalue weighted by Crippen LogP contribution is 2.26. The highest BCUT2D eigenvalue weighted by Gasteiger charge is 2.33. The lowest BCUT2D eigenvalue weighted by Gasteiger charge is -2.33. The maximum atomic E-state index is 14.0. The summed E-state index contributed by atoms with van der Waals surface area (Å²) in [6.07, 6.45) is 0.340. The van der Waals surface area contributed by atoms with Crippen LogP contribution in [0.3, 0.4) is 0 Å². The molecule has 0 fully saturated rings. The Morgan fingerprint density at radius 3 is 2.05 bits per heavy atom. The molecule has 0 aliphatic rings. The van der Waals surface area contributed by atoms with Gasteiger partial charge in [0, 0.05) is 22.6 Å². The molecule has 1 N–H and O–H groups in total. The number of carbonyl (C=O) groups is 2. The fourth-order valence-electron chi connectivity index (χ4n) is 4.13. The van der Waals surface area contributed by atoms with E-state index < -0.39 is 28.5 Å². The van der Waals surface area contributed by atoms with Crippen LogP contribution in [0.15, 0.2) is 77.7 Å². The summed E-state index contributed by atoms with van der Waals surface area (Å²) >= 11 is 12.0. The van der Waals surface area contributed by atoms with Crippen molar-refractivity contribution in [1.82, 2.24) is 10.2 Å². The molecule has 3 aromatic rings. The van der Waals surface area contributed by atoms with Gasteiger partial charge in [0.1, 0.15) is 12.6 Å². The van der Waals surface area contributed by atoms with E-state index in [-0.39, 0.29) is 23.4 Å². The van der Waals surface area contributed by atoms with Gasteiger partial charge in [0.15, 0.2) is 0 Å². The normalized spacial score (nSPS) is 12.2. The number of nitrogens with one attached hydrogen (secondary N) is 1. The molecule has 0 saturated carbocycles. The van der Waals surface area contributed by atoms with Crippen molar-refractivity contribution in [2.24, 2.45) is 0 Å². The number of amides is 2. The van der Waals surface area contributed by atoms with Gasteiger partial charge < -0.3 is 10.2 Å². The van der Waals surface area contributed by atoms with E-state index in [2.05, 4.69) is 5.32 Å². The minimum absolute atomic E-state index is 0.00458. The Balaban J connectivity index is 2.06. The number of aryl methyl sites for hydroxylation is 1. The molecule has 10 heteroatoms. The van der Waals surface area contributed by atoms with Crippen molar-refractivity contribution in [2.45, 2.75) is 57.6 Å². The van der Waals surface area contributed by atoms with Crippen molar-refractivity contribution in [3.63, 3.8) is 0 Å². The van der Waals surface area contributed by atoms with Crippen LogP contribution in [0.1, 0.15) is 38.3 Å². The molecule has 0 unspecified atom stereocenters. The van der Waals surface area contributed by atoms with E-state index in [1.165, 1.54) is 29.2 Å². The van der Waals surface area contributed by atoms with E-state index in [1.54, 1.807) is 42.5 Å². The third-order valence-electron chi connectivity index (χ3n) is 6.05. The zero-order valence-corrected chi connectivity index (χ0v) is 24.7. The van der Waals surface area contributed by atoms with Gasteiger partial charge in [-0.25, -0.2) is 8.42 Å². The molecular weight excluding hydrogens is 557 g/mol. The van der Waals surface area contributed by atoms with Gasteiger partial charge in [0.05, 0.1) is 10.6 Å². The Labute approximate surface area is 240 Å². The summed E-state index contributed by atoms with van der Waals surface area (Å²) in [5.74, 6) is -0.827. The van der Waals surface area contributed by atoms with E-state index in [9.17, 15) is 18.0 Å². The lowest BCUT2D eigenvalue weighted by molar-refractivity contribution is -0.140. The smallest absolute Gasteiger partial charge is 0.264 e. The quantitative estimate of drug-likeness (QED) is 0.305. The number of hydrogen-bond acceptors (Lipinski definition) is 4. The van der Waals surface area contributed by atoms with Gasteiger partial charge in [0.2, 0.25) is 11.8 Å². The van der Waals surface area contributed by atoms with Crippen LogP contribution in [-0.2, 0) is 26.2 Å². The first-order valence-corrected chi connectivity index (χ1v) is 14.8. The van der Waals surface area contributed by atoms with Crippen LogP contribution in [0.2, 0.25) is 10.0 Å². The number of rotatable bonds is 11. The lowest BCUT2D eigenvalue weighted by atomic mass is 10.1. The third-order valence-corrected chi connectivity index (χ3v) is 8.35. The van der Waals surface area contributed by atoms with Crippen LogP contribution in [0.5, 0.6) is 0 Å². The number of sulfonamides is 1. The molecule has 208 valence electrons. The van der Waals surface area contributed by atoms with Crippen molar-refractivity contribution >= 4 is 50.7 Å². The van der Waals surface area contributed by atoms with Crippen molar-refractivity contribution in [2.75, 3.05) is 10.8 Å². The molecule has 3 rings (SSSR count). The van der Waals surface area contributed by atoms with Gasteiger partial charge in [0.25, 0.3) is 10.0 Å². The number of nitrogens with zero attached hydrogens (tertiary/aromatic N) is 2. The van der Waals surface area contributed by atoms with E-state index in [1.807, 2.05) is 33.8 Å². The minimum Gasteiger partial charge on any atom is -0.352 e. The largest absolute Gasteiger partial charge is 0.352 e. The molecule has 0 aromatic heterocycles. The standard InChI is InChI=1S/C29H33Cl2N3O4S/c1-5-27(29(36)32-20(2)3)33(18-22-9-11-23(30)12-10-22)28(35)19-34(25-8-6-7-21(4)17-25)39(37,38)26-15-13-24(31)14-16-26/h6-17,20,27H,5,18-19H2,1-4H3,(H,32,36)/t27-/m0/s1. The molecule has 0 spiro atoms. The van der Waals surface area contributed by atoms with Gasteiger partial charge in [-0.15, -0.1) is 0 Å². The Morgan fingerprint density at radius 1 is 0.923 bits per heavy atom. The fourth-order valence-corrected chi connectivity index (χ4v) is 5.79. The number of hydrogen-bond donors (Lipinski definition) is 1. The number of anilines is 1. The second-order valence-electron chi connectivity index (χ2n) is 9.54. The van der Waals surface area contributed by atoms with Crippen LogP contribution in [0.25, 0.3) is 0 Å². The molecular formula is C29H33Cl2N3O4S. The maximum Gasteiger partial charge on any atom is 0.264 e. The topological polar surface area (TPSA) is 86.8 Å². The van der Waals surface area contributed by atoms with Crippen LogP contribution in [0, 0.1) is 6.92 Å². The molecule has 0 aliphatic heterocycles. The summed E-state index contributed by atoms with van der Waals surface area (Å²) in [4.78, 5) is 28.6. The Bertz CT molecular complexity index is 1390. The van der Waals surface area contributed by atoms with Crippen LogP contribution in [-0.4, -0.2) is 43.8 Å². The molecule has 0 bridgehead atoms. The van der Waals surface area contributed by atoms with E-state index >= 15 is 0 Å². The molecule has 0 heterocycles. The number of halogens is 2. The summed E-state index contributed by atoms with van der Waals surface area (Å²) < 4.78 is 28.8. The first kappa shape index (κ1) is 30.5. The Hall–Kier alpha value is -3.07. The average molecular weight is 591 g/mol. The van der Waals surface area contributed by atoms with Crippen molar-refractivity contribution < 1.29 is 18.0 Å². The van der Waals surface area contributed by atoms with Gasteiger partial charge >= 0.3 is 0 Å². The van der Waals surface area contributed by atoms with Crippen molar-refractivity contribution in [3.05, 3.63) is 94.0 Å². The molecule has 0 aliphatic carbocycles. The van der Waals surface area contributed by atoms with Gasteiger partial charge in [-0.1, -0.05) is 54.4 Å². The minimum atomic E-state index is -4.16. The van der Waals surface area contributed by atoms with E-state index in [0.717, 1.165) is 15.4 Å². The fraction of sp³-hybridized carbons (Fsp3) is 0.310. The summed E-state index contributed by atoms with van der Waals surface area (Å²) in [5, 5.41) is 3.81. The number of benzene rings is 3. The first-order valence-electron chi connectivity index (χ1n) is 12.6. The van der Waals surface area contributed by atoms with Gasteiger partial charge in [-0.2, -0.15) is 0 Å². The summed E-state index contributed by atoms with van der Waals surface area (Å²) in [7, 11) is -4.16. The van der Waals surface area contributed by atoms with Gasteiger partial charge in [-0.3, -0.25) is 13.9 Å². The Morgan fingerprint density at radius 2 is 1.51 bits per heavy atom. The predicted octanol–water partition coefficient (Wildman–Crippen LogP) is 5.83. The zero-order valence-electron chi connectivity index (χ0n) is 22.4. The summed E-state index contributed by atoms with van der Waals surface area (Å²) in [5.41, 5.74) is 1.92. The molecule has 1 atom stereocenters. The van der Waals surface area contributed by atoms with Crippen LogP contribution < -0.4 is 9.62 Å². The van der Waals surface area contributed by atoms with Crippen molar-refractivity contribution in [1.29, 1.82) is 0 Å². The summed E-state index contributed by atoms with van der Waals surface area (Å²) in [6.45, 7) is 6.93. The molecule has 0 radical (unpaired) electrons. The molecule has 3 aromatic carbocycles. The monoisotopic (exact) mass is 589 g/mol. The SMILES string of the molecule is CC[C@@H](C(=O)NC(C)C)N(Cc1ccc(Cl)cc1)C(=O)CN(c1cccc(C)c1)S(=O)(=O)c1ccc(Cl)cc1. The Kier molecular flexibility index (Phi) is 10.4. The second-order valence-corrected chi connectivity index (χ2v) is 12.3. The zero-order chi connectivity index (χ0) is 28.7. The van der Waals surface area contributed by atoms with E-state index in [4.69, 9.17) is 23.2 Å². The van der Waals surface area contributed by atoms with Crippen LogP contribution in [0.4, 0.5) is 5.69 Å². The molecule has 7 nitrogen and oxygen atoms in total. The number of carbonyl (C=O) groups excluding carboxylic acids is 2. The molecule has 0 saturated heterocycles. The predicted molar refractivity (Wildman–Crippen MR) is 157 cm³/mol. The lowest BCUT2D eigenvalue weighted by Crippen LogP contribution is -2.53. The van der Waals surface area contributed by atoms with Crippen LogP contribution >= 0.6 is 23.2 Å². The van der Waals surface area contributed by atoms with E-state index in [0.29, 0.717) is 22.2 Å². The average Bonchev–Trinajstić information content (AvgIpc) is 2.88. The van der Waals surface area contributed by atoms with Gasteiger partial charge in [-0.05, 0) is 86.8 Å². The highest BCUT2D eigenvalue weighted by atomic mass is 35.5. The first-order chi connectivity index (χ1) is 18.4. The second kappa shape index (κ2) is 13.3. The molecule has 39 heavy (non-hydrogen) atoms. The maximum absolute atomic E-state index is 14.0. The highest BCUT2D eigenvalue weighted by molar-refractivity contribution is 7.92. The molecule has 2 amide bonds. The summed E-state index contributed by atoms with van der Waals surface area (Å²) in [6, 6.07) is 18.7.